The lowest BCUT2D eigenvalue weighted by Crippen LogP contribution is -2.40. The summed E-state index contributed by atoms with van der Waals surface area (Å²) in [6.07, 6.45) is 6.91. The van der Waals surface area contributed by atoms with Gasteiger partial charge in [0, 0.05) is 31.9 Å². The number of guanidine groups is 1. The van der Waals surface area contributed by atoms with Crippen molar-refractivity contribution in [3.8, 4) is 5.88 Å². The molecule has 2 rings (SSSR count). The summed E-state index contributed by atoms with van der Waals surface area (Å²) in [4.78, 5) is 8.57. The second-order valence-electron chi connectivity index (χ2n) is 6.73. The highest BCUT2D eigenvalue weighted by atomic mass is 16.5. The molecule has 23 heavy (non-hydrogen) atoms. The van der Waals surface area contributed by atoms with Gasteiger partial charge in [-0.15, -0.1) is 0 Å². The molecular formula is C18H30N4O. The quantitative estimate of drug-likeness (QED) is 0.647. The Morgan fingerprint density at radius 2 is 2.09 bits per heavy atom. The van der Waals surface area contributed by atoms with Crippen LogP contribution >= 0.6 is 0 Å². The average molecular weight is 318 g/mol. The van der Waals surface area contributed by atoms with Crippen molar-refractivity contribution in [2.75, 3.05) is 7.05 Å². The number of nitrogens with one attached hydrogen (secondary N) is 2. The molecule has 0 aromatic carbocycles. The van der Waals surface area contributed by atoms with Crippen molar-refractivity contribution < 1.29 is 4.74 Å². The number of pyridine rings is 1. The zero-order chi connectivity index (χ0) is 16.7. The molecular weight excluding hydrogens is 288 g/mol. The lowest BCUT2D eigenvalue weighted by molar-refractivity contribution is 0.130. The molecule has 0 atom stereocenters. The number of hydrogen-bond acceptors (Lipinski definition) is 3. The Labute approximate surface area is 139 Å². The van der Waals surface area contributed by atoms with Gasteiger partial charge >= 0.3 is 0 Å². The second kappa shape index (κ2) is 8.75. The van der Waals surface area contributed by atoms with Crippen LogP contribution in [0.5, 0.6) is 5.88 Å². The van der Waals surface area contributed by atoms with Crippen molar-refractivity contribution in [3.05, 3.63) is 23.9 Å². The lowest BCUT2D eigenvalue weighted by Gasteiger charge is -2.26. The molecule has 1 fully saturated rings. The topological polar surface area (TPSA) is 58.5 Å². The van der Waals surface area contributed by atoms with Crippen molar-refractivity contribution in [2.24, 2.45) is 10.9 Å². The van der Waals surface area contributed by atoms with Gasteiger partial charge in [-0.25, -0.2) is 4.98 Å². The smallest absolute Gasteiger partial charge is 0.213 e. The summed E-state index contributed by atoms with van der Waals surface area (Å²) in [5.41, 5.74) is 1.14. The Kier molecular flexibility index (Phi) is 6.68. The number of rotatable bonds is 5. The van der Waals surface area contributed by atoms with Gasteiger partial charge in [0.2, 0.25) is 5.88 Å². The predicted octanol–water partition coefficient (Wildman–Crippen LogP) is 3.11. The lowest BCUT2D eigenvalue weighted by atomic mass is 9.89. The maximum absolute atomic E-state index is 6.06. The molecule has 5 nitrogen and oxygen atoms in total. The van der Waals surface area contributed by atoms with Gasteiger partial charge in [-0.2, -0.15) is 0 Å². The third-order valence-corrected chi connectivity index (χ3v) is 4.16. The van der Waals surface area contributed by atoms with E-state index in [2.05, 4.69) is 41.4 Å². The van der Waals surface area contributed by atoms with E-state index in [0.717, 1.165) is 36.2 Å². The summed E-state index contributed by atoms with van der Waals surface area (Å²) >= 11 is 0. The first kappa shape index (κ1) is 17.6. The highest BCUT2D eigenvalue weighted by Gasteiger charge is 2.19. The molecule has 1 aliphatic rings. The Morgan fingerprint density at radius 1 is 1.35 bits per heavy atom. The SMILES string of the molecule is CN=C(NCc1ccnc(OC2CCC(C)CC2)c1)NC(C)C. The molecule has 128 valence electrons. The zero-order valence-electron chi connectivity index (χ0n) is 14.8. The Bertz CT molecular complexity index is 507. The number of hydrogen-bond donors (Lipinski definition) is 2. The second-order valence-corrected chi connectivity index (χ2v) is 6.73. The van der Waals surface area contributed by atoms with Crippen LogP contribution in [0.2, 0.25) is 0 Å². The van der Waals surface area contributed by atoms with Gasteiger partial charge in [-0.1, -0.05) is 6.92 Å². The molecule has 0 aliphatic heterocycles. The van der Waals surface area contributed by atoms with Crippen molar-refractivity contribution in [2.45, 2.75) is 65.1 Å². The van der Waals surface area contributed by atoms with E-state index in [1.54, 1.807) is 7.05 Å². The van der Waals surface area contributed by atoms with Crippen molar-refractivity contribution >= 4 is 5.96 Å². The van der Waals surface area contributed by atoms with E-state index in [1.807, 2.05) is 18.3 Å². The molecule has 0 bridgehead atoms. The van der Waals surface area contributed by atoms with E-state index >= 15 is 0 Å². The van der Waals surface area contributed by atoms with E-state index in [1.165, 1.54) is 12.8 Å². The molecule has 0 radical (unpaired) electrons. The molecule has 0 spiro atoms. The van der Waals surface area contributed by atoms with Crippen molar-refractivity contribution in [1.82, 2.24) is 15.6 Å². The number of ether oxygens (including phenoxy) is 1. The summed E-state index contributed by atoms with van der Waals surface area (Å²) in [5.74, 6) is 2.37. The highest BCUT2D eigenvalue weighted by molar-refractivity contribution is 5.79. The summed E-state index contributed by atoms with van der Waals surface area (Å²) in [7, 11) is 1.78. The van der Waals surface area contributed by atoms with Crippen LogP contribution in [-0.2, 0) is 6.54 Å². The third-order valence-electron chi connectivity index (χ3n) is 4.16. The minimum absolute atomic E-state index is 0.317. The van der Waals surface area contributed by atoms with Crippen molar-refractivity contribution in [3.63, 3.8) is 0 Å². The maximum atomic E-state index is 6.06. The van der Waals surface area contributed by atoms with Crippen LogP contribution in [0.4, 0.5) is 0 Å². The normalized spacial score (nSPS) is 22.0. The third kappa shape index (κ3) is 6.08. The monoisotopic (exact) mass is 318 g/mol. The molecule has 1 aromatic rings. The molecule has 1 aliphatic carbocycles. The van der Waals surface area contributed by atoms with Gasteiger partial charge in [-0.3, -0.25) is 4.99 Å². The summed E-state index contributed by atoms with van der Waals surface area (Å²) in [6, 6.07) is 4.38. The first-order valence-corrected chi connectivity index (χ1v) is 8.65. The number of nitrogens with zero attached hydrogens (tertiary/aromatic N) is 2. The first-order chi connectivity index (χ1) is 11.1. The van der Waals surface area contributed by atoms with E-state index in [-0.39, 0.29) is 0 Å². The number of aromatic nitrogens is 1. The van der Waals surface area contributed by atoms with Crippen LogP contribution in [0.1, 0.15) is 52.0 Å². The fraction of sp³-hybridized carbons (Fsp3) is 0.667. The standard InChI is InChI=1S/C18H30N4O/c1-13(2)22-18(19-4)21-12-15-9-10-20-17(11-15)23-16-7-5-14(3)6-8-16/h9-11,13-14,16H,5-8,12H2,1-4H3,(H2,19,21,22). The minimum atomic E-state index is 0.317. The summed E-state index contributed by atoms with van der Waals surface area (Å²) in [5, 5.41) is 6.59. The predicted molar refractivity (Wildman–Crippen MR) is 94.8 cm³/mol. The van der Waals surface area contributed by atoms with Gasteiger partial charge in [0.15, 0.2) is 5.96 Å². The number of aliphatic imine (C=N–C) groups is 1. The molecule has 5 heteroatoms. The van der Waals surface area contributed by atoms with Crippen molar-refractivity contribution in [1.29, 1.82) is 0 Å². The Balaban J connectivity index is 1.87. The zero-order valence-corrected chi connectivity index (χ0v) is 14.8. The summed E-state index contributed by atoms with van der Waals surface area (Å²) < 4.78 is 6.06. The van der Waals surface area contributed by atoms with Gasteiger partial charge in [0.1, 0.15) is 6.10 Å². The fourth-order valence-corrected chi connectivity index (χ4v) is 2.80. The molecule has 1 aromatic heterocycles. The van der Waals surface area contributed by atoms with Crippen LogP contribution in [-0.4, -0.2) is 30.1 Å². The molecule has 1 saturated carbocycles. The van der Waals surface area contributed by atoms with E-state index in [4.69, 9.17) is 4.74 Å². The average Bonchev–Trinajstić information content (AvgIpc) is 2.54. The van der Waals surface area contributed by atoms with Gasteiger partial charge in [0.25, 0.3) is 0 Å². The molecule has 0 amide bonds. The molecule has 1 heterocycles. The van der Waals surface area contributed by atoms with Gasteiger partial charge < -0.3 is 15.4 Å². The Morgan fingerprint density at radius 3 is 2.74 bits per heavy atom. The van der Waals surface area contributed by atoms with Crippen LogP contribution in [0.15, 0.2) is 23.3 Å². The molecule has 2 N–H and O–H groups in total. The van der Waals surface area contributed by atoms with Gasteiger partial charge in [0.05, 0.1) is 0 Å². The Hall–Kier alpha value is -1.78. The highest BCUT2D eigenvalue weighted by Crippen LogP contribution is 2.26. The first-order valence-electron chi connectivity index (χ1n) is 8.65. The van der Waals surface area contributed by atoms with Crippen LogP contribution in [0, 0.1) is 5.92 Å². The van der Waals surface area contributed by atoms with E-state index < -0.39 is 0 Å². The van der Waals surface area contributed by atoms with E-state index in [9.17, 15) is 0 Å². The largest absolute Gasteiger partial charge is 0.474 e. The van der Waals surface area contributed by atoms with Crippen LogP contribution in [0.3, 0.4) is 0 Å². The van der Waals surface area contributed by atoms with Crippen LogP contribution < -0.4 is 15.4 Å². The summed E-state index contributed by atoms with van der Waals surface area (Å²) in [6.45, 7) is 7.21. The maximum Gasteiger partial charge on any atom is 0.213 e. The van der Waals surface area contributed by atoms with E-state index in [0.29, 0.717) is 18.7 Å². The van der Waals surface area contributed by atoms with Crippen LogP contribution in [0.25, 0.3) is 0 Å². The fourth-order valence-electron chi connectivity index (χ4n) is 2.80. The molecule has 0 unspecified atom stereocenters. The van der Waals surface area contributed by atoms with Gasteiger partial charge in [-0.05, 0) is 57.1 Å². The minimum Gasteiger partial charge on any atom is -0.474 e. The molecule has 0 saturated heterocycles.